The molecule has 2 aromatic carbocycles. The molecule has 3 aliphatic rings. The number of rotatable bonds is 3. The molecule has 0 radical (unpaired) electrons. The summed E-state index contributed by atoms with van der Waals surface area (Å²) in [6.07, 6.45) is 5.82. The molecule has 5 heteroatoms. The van der Waals surface area contributed by atoms with Crippen molar-refractivity contribution in [3.05, 3.63) is 100 Å². The third-order valence-electron chi connectivity index (χ3n) is 5.57. The Bertz CT molecular complexity index is 1170. The summed E-state index contributed by atoms with van der Waals surface area (Å²) in [7, 11) is 0. The van der Waals surface area contributed by atoms with E-state index in [9.17, 15) is 4.79 Å². The van der Waals surface area contributed by atoms with Gasteiger partial charge in [-0.3, -0.25) is 4.79 Å². The van der Waals surface area contributed by atoms with E-state index in [1.165, 1.54) is 5.56 Å². The van der Waals surface area contributed by atoms with E-state index in [1.54, 1.807) is 6.08 Å². The number of benzene rings is 2. The third kappa shape index (κ3) is 3.33. The number of allylic oxidation sites excluding steroid dienone is 5. The number of dihydropyridines is 1. The van der Waals surface area contributed by atoms with E-state index < -0.39 is 0 Å². The average molecular weight is 415 g/mol. The zero-order chi connectivity index (χ0) is 20.7. The van der Waals surface area contributed by atoms with Crippen molar-refractivity contribution in [3.8, 4) is 0 Å². The highest BCUT2D eigenvalue weighted by atomic mass is 35.5. The van der Waals surface area contributed by atoms with Gasteiger partial charge in [-0.25, -0.2) is 4.99 Å². The van der Waals surface area contributed by atoms with Gasteiger partial charge in [-0.1, -0.05) is 83.0 Å². The molecule has 0 saturated heterocycles. The van der Waals surface area contributed by atoms with Crippen LogP contribution in [0.5, 0.6) is 0 Å². The van der Waals surface area contributed by atoms with Crippen LogP contribution in [-0.2, 0) is 9.63 Å². The van der Waals surface area contributed by atoms with E-state index in [0.29, 0.717) is 28.4 Å². The lowest BCUT2D eigenvalue weighted by Crippen LogP contribution is -2.27. The topological polar surface area (TPSA) is 51.0 Å². The van der Waals surface area contributed by atoms with Gasteiger partial charge in [-0.2, -0.15) is 0 Å². The first kappa shape index (κ1) is 18.8. The van der Waals surface area contributed by atoms with Crippen LogP contribution in [0.25, 0.3) is 5.57 Å². The van der Waals surface area contributed by atoms with E-state index in [1.807, 2.05) is 61.5 Å². The molecule has 2 aliphatic heterocycles. The molecule has 4 nitrogen and oxygen atoms in total. The van der Waals surface area contributed by atoms with Crippen molar-refractivity contribution in [3.63, 3.8) is 0 Å². The van der Waals surface area contributed by atoms with Gasteiger partial charge in [0, 0.05) is 17.4 Å². The number of amides is 1. The Morgan fingerprint density at radius 2 is 1.80 bits per heavy atom. The number of nitrogens with zero attached hydrogens (tertiary/aromatic N) is 2. The van der Waals surface area contributed by atoms with E-state index >= 15 is 0 Å². The molecule has 0 saturated carbocycles. The standard InChI is InChI=1S/C25H19ClN2O2/c1-15-7-9-16(10-8-15)22-14-21(28-30-22)24-23(17-5-3-2-4-6-17)19-13-18(26)11-12-20(19)27-25(24)29/h2-13,19,22H,14H2,1H3. The zero-order valence-corrected chi connectivity index (χ0v) is 17.1. The molecule has 0 N–H and O–H groups in total. The molecule has 1 amide bonds. The minimum atomic E-state index is -0.289. The number of aliphatic imine (C=N–C) groups is 1. The van der Waals surface area contributed by atoms with Crippen LogP contribution < -0.4 is 0 Å². The predicted octanol–water partition coefficient (Wildman–Crippen LogP) is 5.56. The van der Waals surface area contributed by atoms with Crippen LogP contribution >= 0.6 is 11.6 Å². The first-order valence-corrected chi connectivity index (χ1v) is 10.3. The molecule has 0 fully saturated rings. The van der Waals surface area contributed by atoms with Crippen LogP contribution in [0.1, 0.15) is 29.2 Å². The fourth-order valence-electron chi connectivity index (χ4n) is 4.06. The third-order valence-corrected chi connectivity index (χ3v) is 5.83. The highest BCUT2D eigenvalue weighted by Gasteiger charge is 2.37. The lowest BCUT2D eigenvalue weighted by molar-refractivity contribution is -0.113. The zero-order valence-electron chi connectivity index (χ0n) is 16.4. The van der Waals surface area contributed by atoms with Crippen molar-refractivity contribution < 1.29 is 9.63 Å². The molecule has 148 valence electrons. The number of hydrogen-bond acceptors (Lipinski definition) is 3. The summed E-state index contributed by atoms with van der Waals surface area (Å²) >= 11 is 6.31. The molecule has 2 heterocycles. The molecule has 0 spiro atoms. The Kier molecular flexibility index (Phi) is 4.72. The second-order valence-electron chi connectivity index (χ2n) is 7.61. The lowest BCUT2D eigenvalue weighted by atomic mass is 9.79. The summed E-state index contributed by atoms with van der Waals surface area (Å²) in [6, 6.07) is 18.1. The SMILES string of the molecule is Cc1ccc(C2CC(C3=C(c4ccccc4)C4C=C(Cl)C=CC4=NC3=O)=NO2)cc1. The highest BCUT2D eigenvalue weighted by Crippen LogP contribution is 2.40. The maximum Gasteiger partial charge on any atom is 0.279 e. The van der Waals surface area contributed by atoms with Crippen molar-refractivity contribution in [1.82, 2.24) is 0 Å². The molecule has 2 aromatic rings. The van der Waals surface area contributed by atoms with Gasteiger partial charge in [0.1, 0.15) is 0 Å². The van der Waals surface area contributed by atoms with Crippen LogP contribution in [0.3, 0.4) is 0 Å². The first-order chi connectivity index (χ1) is 14.6. The Morgan fingerprint density at radius 3 is 2.57 bits per heavy atom. The molecule has 1 aliphatic carbocycles. The van der Waals surface area contributed by atoms with Gasteiger partial charge in [-0.15, -0.1) is 0 Å². The molecule has 0 aromatic heterocycles. The smallest absolute Gasteiger partial charge is 0.279 e. The number of hydrogen-bond donors (Lipinski definition) is 0. The largest absolute Gasteiger partial charge is 0.387 e. The Labute approximate surface area is 179 Å². The Hall–Kier alpha value is -3.24. The Morgan fingerprint density at radius 1 is 1.03 bits per heavy atom. The number of aryl methyl sites for hydroxylation is 1. The summed E-state index contributed by atoms with van der Waals surface area (Å²) < 4.78 is 0. The van der Waals surface area contributed by atoms with Crippen molar-refractivity contribution >= 4 is 34.5 Å². The number of fused-ring (bicyclic) bond motifs is 1. The van der Waals surface area contributed by atoms with Crippen molar-refractivity contribution in [2.45, 2.75) is 19.4 Å². The van der Waals surface area contributed by atoms with Crippen LogP contribution in [0, 0.1) is 12.8 Å². The maximum atomic E-state index is 13.1. The normalized spacial score (nSPS) is 22.9. The van der Waals surface area contributed by atoms with E-state index in [4.69, 9.17) is 16.4 Å². The minimum Gasteiger partial charge on any atom is -0.387 e. The predicted molar refractivity (Wildman–Crippen MR) is 119 cm³/mol. The molecule has 2 atom stereocenters. The van der Waals surface area contributed by atoms with Crippen molar-refractivity contribution in [1.29, 1.82) is 0 Å². The van der Waals surface area contributed by atoms with E-state index in [0.717, 1.165) is 16.7 Å². The minimum absolute atomic E-state index is 0.196. The Balaban J connectivity index is 1.58. The first-order valence-electron chi connectivity index (χ1n) is 9.87. The summed E-state index contributed by atoms with van der Waals surface area (Å²) in [5, 5.41) is 4.95. The number of halogens is 1. The molecule has 2 unspecified atom stereocenters. The summed E-state index contributed by atoms with van der Waals surface area (Å²) in [5.74, 6) is -0.484. The quantitative estimate of drug-likeness (QED) is 0.660. The number of carbonyl (C=O) groups is 1. The van der Waals surface area contributed by atoms with Gasteiger partial charge in [0.2, 0.25) is 0 Å². The average Bonchev–Trinajstić information content (AvgIpc) is 3.24. The van der Waals surface area contributed by atoms with Crippen molar-refractivity contribution in [2.75, 3.05) is 0 Å². The lowest BCUT2D eigenvalue weighted by Gasteiger charge is -2.27. The van der Waals surface area contributed by atoms with Crippen LogP contribution in [0.15, 0.2) is 93.6 Å². The molecular formula is C25H19ClN2O2. The second kappa shape index (κ2) is 7.54. The van der Waals surface area contributed by atoms with Gasteiger partial charge in [0.25, 0.3) is 5.91 Å². The number of carbonyl (C=O) groups excluding carboxylic acids is 1. The van der Waals surface area contributed by atoms with Crippen molar-refractivity contribution in [2.24, 2.45) is 16.1 Å². The van der Waals surface area contributed by atoms with Gasteiger partial charge in [-0.05, 0) is 35.8 Å². The molecule has 5 rings (SSSR count). The van der Waals surface area contributed by atoms with Crippen LogP contribution in [0.2, 0.25) is 0 Å². The molecule has 30 heavy (non-hydrogen) atoms. The van der Waals surface area contributed by atoms with Crippen LogP contribution in [-0.4, -0.2) is 17.3 Å². The second-order valence-corrected chi connectivity index (χ2v) is 8.04. The van der Waals surface area contributed by atoms with Gasteiger partial charge >= 0.3 is 0 Å². The van der Waals surface area contributed by atoms with E-state index in [2.05, 4.69) is 22.3 Å². The summed E-state index contributed by atoms with van der Waals surface area (Å²) in [5.41, 5.74) is 5.90. The van der Waals surface area contributed by atoms with Gasteiger partial charge < -0.3 is 4.84 Å². The molecule has 0 bridgehead atoms. The van der Waals surface area contributed by atoms with Crippen LogP contribution in [0.4, 0.5) is 0 Å². The van der Waals surface area contributed by atoms with Gasteiger partial charge in [0.15, 0.2) is 6.10 Å². The van der Waals surface area contributed by atoms with Gasteiger partial charge in [0.05, 0.1) is 17.0 Å². The fraction of sp³-hybridized carbons (Fsp3) is 0.160. The fourth-order valence-corrected chi connectivity index (χ4v) is 4.25. The highest BCUT2D eigenvalue weighted by molar-refractivity contribution is 6.36. The molecular weight excluding hydrogens is 396 g/mol. The van der Waals surface area contributed by atoms with E-state index in [-0.39, 0.29) is 17.9 Å². The monoisotopic (exact) mass is 414 g/mol. The number of oxime groups is 1. The summed E-state index contributed by atoms with van der Waals surface area (Å²) in [6.45, 7) is 2.05. The summed E-state index contributed by atoms with van der Waals surface area (Å²) in [4.78, 5) is 23.2. The maximum absolute atomic E-state index is 13.1.